The average Bonchev–Trinajstić information content (AvgIpc) is 1.68. The van der Waals surface area contributed by atoms with Crippen LogP contribution in [0, 0.1) is 0 Å². The summed E-state index contributed by atoms with van der Waals surface area (Å²) < 4.78 is 0. The third-order valence-corrected chi connectivity index (χ3v) is 0.494. The van der Waals surface area contributed by atoms with E-state index in [4.69, 9.17) is 10.4 Å². The van der Waals surface area contributed by atoms with E-state index in [-0.39, 0.29) is 18.4 Å². The highest BCUT2D eigenvalue weighted by Gasteiger charge is 1.88. The van der Waals surface area contributed by atoms with Gasteiger partial charge >= 0.3 is 0 Å². The lowest BCUT2D eigenvalue weighted by Gasteiger charge is -1.95. The highest BCUT2D eigenvalue weighted by molar-refractivity contribution is 5.85. The van der Waals surface area contributed by atoms with Gasteiger partial charge in [0.2, 0.25) is 0 Å². The molecule has 1 atom stereocenters. The molecule has 0 radical (unpaired) electrons. The van der Waals surface area contributed by atoms with Gasteiger partial charge in [-0.3, -0.25) is 0 Å². The molecule has 5 heteroatoms. The normalized spacial score (nSPS) is 13.2. The van der Waals surface area contributed by atoms with Crippen LogP contribution in [0.1, 0.15) is 6.92 Å². The van der Waals surface area contributed by atoms with Crippen LogP contribution in [-0.2, 0) is 0 Å². The smallest absolute Gasteiger partial charge is 0.0676 e. The van der Waals surface area contributed by atoms with Crippen molar-refractivity contribution < 1.29 is 10.4 Å². The van der Waals surface area contributed by atoms with E-state index in [0.717, 1.165) is 0 Å². The second kappa shape index (κ2) is 6.68. The van der Waals surface area contributed by atoms with Crippen LogP contribution in [0.4, 0.5) is 0 Å². The van der Waals surface area contributed by atoms with Crippen LogP contribution < -0.4 is 5.48 Å². The largest absolute Gasteiger partial charge is 0.411 e. The minimum atomic E-state index is -0.287. The van der Waals surface area contributed by atoms with Gasteiger partial charge < -0.3 is 10.4 Å². The number of rotatable bonds is 2. The van der Waals surface area contributed by atoms with Crippen LogP contribution in [0.25, 0.3) is 0 Å². The first kappa shape index (κ1) is 10.6. The van der Waals surface area contributed by atoms with Gasteiger partial charge in [-0.25, -0.2) is 0 Å². The summed E-state index contributed by atoms with van der Waals surface area (Å²) in [5, 5.41) is 18.5. The van der Waals surface area contributed by atoms with Crippen molar-refractivity contribution in [3.63, 3.8) is 0 Å². The molecule has 50 valence electrons. The summed E-state index contributed by atoms with van der Waals surface area (Å²) in [6.07, 6.45) is 1.17. The zero-order valence-electron chi connectivity index (χ0n) is 4.40. The fourth-order valence-corrected chi connectivity index (χ4v) is 0.133. The van der Waals surface area contributed by atoms with Gasteiger partial charge in [-0.1, -0.05) is 0 Å². The van der Waals surface area contributed by atoms with E-state index in [2.05, 4.69) is 5.16 Å². The first-order valence-electron chi connectivity index (χ1n) is 1.88. The molecule has 0 aliphatic rings. The number of hydroxylamine groups is 1. The number of halogens is 1. The summed E-state index contributed by atoms with van der Waals surface area (Å²) >= 11 is 0. The minimum absolute atomic E-state index is 0. The molecule has 0 aromatic carbocycles. The van der Waals surface area contributed by atoms with E-state index >= 15 is 0 Å². The van der Waals surface area contributed by atoms with E-state index < -0.39 is 0 Å². The topological polar surface area (TPSA) is 64.9 Å². The van der Waals surface area contributed by atoms with Crippen molar-refractivity contribution >= 4 is 18.6 Å². The standard InChI is InChI=1S/C3H8N2O2.ClH/c1-3(5-7)2-4-6;/h2-3,5-7H,1H3;1H/b4-2+;. The maximum atomic E-state index is 8.01. The van der Waals surface area contributed by atoms with E-state index in [1.807, 2.05) is 5.48 Å². The van der Waals surface area contributed by atoms with Crippen molar-refractivity contribution in [3.8, 4) is 0 Å². The Morgan fingerprint density at radius 3 is 2.38 bits per heavy atom. The Morgan fingerprint density at radius 1 is 1.75 bits per heavy atom. The summed E-state index contributed by atoms with van der Waals surface area (Å²) in [5.41, 5.74) is 1.86. The Hall–Kier alpha value is -0.320. The quantitative estimate of drug-likeness (QED) is 0.292. The van der Waals surface area contributed by atoms with Gasteiger partial charge in [0.05, 0.1) is 12.3 Å². The van der Waals surface area contributed by atoms with Gasteiger partial charge in [0.25, 0.3) is 0 Å². The van der Waals surface area contributed by atoms with Crippen molar-refractivity contribution in [1.82, 2.24) is 5.48 Å². The number of oxime groups is 1. The molecule has 0 spiro atoms. The first-order valence-corrected chi connectivity index (χ1v) is 1.88. The van der Waals surface area contributed by atoms with E-state index in [0.29, 0.717) is 0 Å². The van der Waals surface area contributed by atoms with E-state index in [1.54, 1.807) is 6.92 Å². The molecule has 0 aromatic heterocycles. The van der Waals surface area contributed by atoms with Gasteiger partial charge in [-0.15, -0.1) is 17.6 Å². The molecular weight excluding hydrogens is 131 g/mol. The van der Waals surface area contributed by atoms with Gasteiger partial charge in [0, 0.05) is 0 Å². The molecule has 0 rings (SSSR count). The Balaban J connectivity index is 0. The second-order valence-corrected chi connectivity index (χ2v) is 1.18. The fourth-order valence-electron chi connectivity index (χ4n) is 0.133. The molecule has 0 amide bonds. The van der Waals surface area contributed by atoms with Crippen LogP contribution >= 0.6 is 12.4 Å². The SMILES string of the molecule is CC(/C=N/O)NO.Cl. The monoisotopic (exact) mass is 140 g/mol. The number of hydrogen-bond donors (Lipinski definition) is 3. The Bertz CT molecular complexity index is 68.3. The predicted molar refractivity (Wildman–Crippen MR) is 31.9 cm³/mol. The number of nitrogens with one attached hydrogen (secondary N) is 1. The van der Waals surface area contributed by atoms with Crippen molar-refractivity contribution in [2.75, 3.05) is 0 Å². The molecule has 0 saturated heterocycles. The van der Waals surface area contributed by atoms with Gasteiger partial charge in [0.15, 0.2) is 0 Å². The summed E-state index contributed by atoms with van der Waals surface area (Å²) in [4.78, 5) is 0. The highest BCUT2D eigenvalue weighted by atomic mass is 35.5. The molecule has 0 fully saturated rings. The molecular formula is C3H9ClN2O2. The fraction of sp³-hybridized carbons (Fsp3) is 0.667. The molecule has 8 heavy (non-hydrogen) atoms. The molecule has 3 N–H and O–H groups in total. The summed E-state index contributed by atoms with van der Waals surface area (Å²) in [5.74, 6) is 0. The zero-order chi connectivity index (χ0) is 5.70. The van der Waals surface area contributed by atoms with Crippen LogP contribution in [0.3, 0.4) is 0 Å². The van der Waals surface area contributed by atoms with Gasteiger partial charge in [0.1, 0.15) is 0 Å². The summed E-state index contributed by atoms with van der Waals surface area (Å²) in [6, 6.07) is -0.287. The lowest BCUT2D eigenvalue weighted by molar-refractivity contribution is 0.155. The lowest BCUT2D eigenvalue weighted by atomic mass is 10.4. The third kappa shape index (κ3) is 5.68. The maximum absolute atomic E-state index is 8.01. The third-order valence-electron chi connectivity index (χ3n) is 0.494. The summed E-state index contributed by atoms with van der Waals surface area (Å²) in [6.45, 7) is 1.64. The minimum Gasteiger partial charge on any atom is -0.411 e. The predicted octanol–water partition coefficient (Wildman–Crippen LogP) is 0.236. The first-order chi connectivity index (χ1) is 3.31. The molecule has 0 heterocycles. The summed E-state index contributed by atoms with van der Waals surface area (Å²) in [7, 11) is 0. The van der Waals surface area contributed by atoms with E-state index in [1.165, 1.54) is 6.21 Å². The van der Waals surface area contributed by atoms with E-state index in [9.17, 15) is 0 Å². The maximum Gasteiger partial charge on any atom is 0.0676 e. The number of hydrogen-bond acceptors (Lipinski definition) is 4. The molecule has 0 bridgehead atoms. The molecule has 4 nitrogen and oxygen atoms in total. The molecule has 0 aliphatic heterocycles. The van der Waals surface area contributed by atoms with Crippen LogP contribution in [0.5, 0.6) is 0 Å². The van der Waals surface area contributed by atoms with Crippen LogP contribution in [0.15, 0.2) is 5.16 Å². The molecule has 1 unspecified atom stereocenters. The zero-order valence-corrected chi connectivity index (χ0v) is 5.22. The number of nitrogens with zero attached hydrogens (tertiary/aromatic N) is 1. The Kier molecular flexibility index (Phi) is 8.87. The van der Waals surface area contributed by atoms with Crippen LogP contribution in [-0.4, -0.2) is 22.7 Å². The van der Waals surface area contributed by atoms with Gasteiger partial charge in [-0.2, -0.15) is 5.48 Å². The van der Waals surface area contributed by atoms with Crippen LogP contribution in [0.2, 0.25) is 0 Å². The van der Waals surface area contributed by atoms with Gasteiger partial charge in [-0.05, 0) is 6.92 Å². The second-order valence-electron chi connectivity index (χ2n) is 1.18. The average molecular weight is 141 g/mol. The lowest BCUT2D eigenvalue weighted by Crippen LogP contribution is -2.22. The van der Waals surface area contributed by atoms with Crippen molar-refractivity contribution in [1.29, 1.82) is 0 Å². The molecule has 0 aromatic rings. The highest BCUT2D eigenvalue weighted by Crippen LogP contribution is 1.68. The van der Waals surface area contributed by atoms with Crippen molar-refractivity contribution in [3.05, 3.63) is 0 Å². The van der Waals surface area contributed by atoms with Crippen molar-refractivity contribution in [2.45, 2.75) is 13.0 Å². The molecule has 0 saturated carbocycles. The Labute approximate surface area is 53.6 Å². The van der Waals surface area contributed by atoms with Crippen molar-refractivity contribution in [2.24, 2.45) is 5.16 Å². The Morgan fingerprint density at radius 2 is 2.25 bits per heavy atom. The molecule has 0 aliphatic carbocycles.